The van der Waals surface area contributed by atoms with Crippen LogP contribution in [-0.4, -0.2) is 46.4 Å². The van der Waals surface area contributed by atoms with Gasteiger partial charge in [0.2, 0.25) is 5.91 Å². The average molecular weight is 450 g/mol. The van der Waals surface area contributed by atoms with Gasteiger partial charge in [0.25, 0.3) is 5.91 Å². The summed E-state index contributed by atoms with van der Waals surface area (Å²) in [7, 11) is 1.80. The van der Waals surface area contributed by atoms with Crippen molar-refractivity contribution in [3.63, 3.8) is 0 Å². The lowest BCUT2D eigenvalue weighted by molar-refractivity contribution is -0.143. The van der Waals surface area contributed by atoms with E-state index in [2.05, 4.69) is 19.0 Å². The van der Waals surface area contributed by atoms with Crippen LogP contribution in [0.3, 0.4) is 0 Å². The van der Waals surface area contributed by atoms with Crippen molar-refractivity contribution in [3.05, 3.63) is 77.7 Å². The van der Waals surface area contributed by atoms with Gasteiger partial charge in [-0.3, -0.25) is 9.59 Å². The number of carbonyl (C=O) groups excluding carboxylic acids is 2. The number of likely N-dealkylation sites (N-methyl/N-ethyl adjacent to an activating group) is 1. The van der Waals surface area contributed by atoms with Crippen LogP contribution in [0, 0.1) is 11.7 Å². The fourth-order valence-electron chi connectivity index (χ4n) is 4.23. The smallest absolute Gasteiger partial charge is 0.276 e. The molecule has 0 radical (unpaired) electrons. The van der Waals surface area contributed by atoms with E-state index in [9.17, 15) is 14.0 Å². The lowest BCUT2D eigenvalue weighted by Crippen LogP contribution is -2.58. The van der Waals surface area contributed by atoms with Crippen LogP contribution in [0.4, 0.5) is 4.39 Å². The van der Waals surface area contributed by atoms with Crippen molar-refractivity contribution in [1.29, 1.82) is 0 Å². The molecule has 0 N–H and O–H groups in total. The number of halogens is 1. The molecule has 1 saturated heterocycles. The van der Waals surface area contributed by atoms with Crippen LogP contribution < -0.4 is 0 Å². The van der Waals surface area contributed by atoms with Crippen LogP contribution in [0.25, 0.3) is 11.3 Å². The second-order valence-electron chi connectivity index (χ2n) is 8.90. The third kappa shape index (κ3) is 4.82. The molecule has 0 unspecified atom stereocenters. The standard InChI is InChI=1S/C26H28FN3O3/c1-17(2)9-14-22-26(32)29(3)23(18-7-5-4-6-8-18)16-30(22)25(31)21-15-24(33-28-21)19-10-12-20(27)13-11-19/h4-8,10-13,15,17,22-23H,9,14,16H2,1-3H3/t22-,23+/m0/s1. The Morgan fingerprint density at radius 1 is 1.15 bits per heavy atom. The van der Waals surface area contributed by atoms with E-state index >= 15 is 0 Å². The number of hydrogen-bond acceptors (Lipinski definition) is 4. The minimum Gasteiger partial charge on any atom is -0.355 e. The summed E-state index contributed by atoms with van der Waals surface area (Å²) >= 11 is 0. The lowest BCUT2D eigenvalue weighted by Gasteiger charge is -2.44. The number of aromatic nitrogens is 1. The molecule has 0 saturated carbocycles. The van der Waals surface area contributed by atoms with Gasteiger partial charge in [0, 0.05) is 25.2 Å². The maximum absolute atomic E-state index is 13.6. The zero-order valence-corrected chi connectivity index (χ0v) is 19.1. The topological polar surface area (TPSA) is 66.7 Å². The molecule has 2 amide bonds. The van der Waals surface area contributed by atoms with Gasteiger partial charge < -0.3 is 14.3 Å². The number of amides is 2. The third-order valence-corrected chi connectivity index (χ3v) is 6.17. The highest BCUT2D eigenvalue weighted by atomic mass is 19.1. The maximum Gasteiger partial charge on any atom is 0.276 e. The Labute approximate surface area is 193 Å². The largest absolute Gasteiger partial charge is 0.355 e. The summed E-state index contributed by atoms with van der Waals surface area (Å²) < 4.78 is 18.6. The van der Waals surface area contributed by atoms with Gasteiger partial charge >= 0.3 is 0 Å². The van der Waals surface area contributed by atoms with Gasteiger partial charge in [0.05, 0.1) is 6.04 Å². The number of rotatable bonds is 6. The van der Waals surface area contributed by atoms with Gasteiger partial charge in [-0.25, -0.2) is 4.39 Å². The Hall–Kier alpha value is -3.48. The fourth-order valence-corrected chi connectivity index (χ4v) is 4.23. The average Bonchev–Trinajstić information content (AvgIpc) is 3.31. The normalized spacial score (nSPS) is 18.8. The molecular weight excluding hydrogens is 421 g/mol. The van der Waals surface area contributed by atoms with E-state index in [1.165, 1.54) is 12.1 Å². The predicted molar refractivity (Wildman–Crippen MR) is 123 cm³/mol. The summed E-state index contributed by atoms with van der Waals surface area (Å²) in [6.07, 6.45) is 1.40. The molecule has 2 atom stereocenters. The minimum absolute atomic E-state index is 0.0774. The van der Waals surface area contributed by atoms with Crippen LogP contribution in [0.15, 0.2) is 65.2 Å². The first-order valence-corrected chi connectivity index (χ1v) is 11.2. The summed E-state index contributed by atoms with van der Waals surface area (Å²) in [6.45, 7) is 4.57. The monoisotopic (exact) mass is 449 g/mol. The van der Waals surface area contributed by atoms with Crippen LogP contribution in [0.1, 0.15) is 48.8 Å². The zero-order valence-electron chi connectivity index (χ0n) is 19.1. The van der Waals surface area contributed by atoms with Crippen LogP contribution in [-0.2, 0) is 4.79 Å². The molecule has 3 aromatic rings. The van der Waals surface area contributed by atoms with E-state index in [4.69, 9.17) is 4.52 Å². The van der Waals surface area contributed by atoms with E-state index in [1.54, 1.807) is 35.0 Å². The quantitative estimate of drug-likeness (QED) is 0.535. The molecule has 1 aromatic heterocycles. The SMILES string of the molecule is CC(C)CC[C@H]1C(=O)N(C)[C@@H](c2ccccc2)CN1C(=O)c1cc(-c2ccc(F)cc2)on1. The molecule has 4 rings (SSSR count). The molecule has 1 aliphatic heterocycles. The molecule has 33 heavy (non-hydrogen) atoms. The van der Waals surface area contributed by atoms with Crippen molar-refractivity contribution in [1.82, 2.24) is 15.0 Å². The molecule has 172 valence electrons. The van der Waals surface area contributed by atoms with Gasteiger partial charge in [-0.1, -0.05) is 49.3 Å². The highest BCUT2D eigenvalue weighted by molar-refractivity contribution is 5.97. The number of piperazine rings is 1. The van der Waals surface area contributed by atoms with Gasteiger partial charge in [-0.2, -0.15) is 0 Å². The van der Waals surface area contributed by atoms with E-state index in [1.807, 2.05) is 30.3 Å². The van der Waals surface area contributed by atoms with Crippen molar-refractivity contribution in [2.45, 2.75) is 38.8 Å². The first-order valence-electron chi connectivity index (χ1n) is 11.2. The summed E-state index contributed by atoms with van der Waals surface area (Å²) in [4.78, 5) is 30.3. The Morgan fingerprint density at radius 3 is 2.52 bits per heavy atom. The molecular formula is C26H28FN3O3. The molecule has 2 heterocycles. The van der Waals surface area contributed by atoms with E-state index in [-0.39, 0.29) is 29.4 Å². The first-order chi connectivity index (χ1) is 15.8. The van der Waals surface area contributed by atoms with Crippen molar-refractivity contribution in [2.24, 2.45) is 5.92 Å². The highest BCUT2D eigenvalue weighted by Crippen LogP contribution is 2.31. The van der Waals surface area contributed by atoms with Crippen molar-refractivity contribution in [2.75, 3.05) is 13.6 Å². The Morgan fingerprint density at radius 2 is 1.85 bits per heavy atom. The number of benzene rings is 2. The molecule has 0 spiro atoms. The second-order valence-corrected chi connectivity index (χ2v) is 8.90. The maximum atomic E-state index is 13.6. The molecule has 1 fully saturated rings. The van der Waals surface area contributed by atoms with Crippen LogP contribution in [0.5, 0.6) is 0 Å². The van der Waals surface area contributed by atoms with Crippen molar-refractivity contribution >= 4 is 11.8 Å². The summed E-state index contributed by atoms with van der Waals surface area (Å²) in [5.74, 6) is 0.00115. The summed E-state index contributed by atoms with van der Waals surface area (Å²) in [5, 5.41) is 3.98. The second kappa shape index (κ2) is 9.57. The van der Waals surface area contributed by atoms with Crippen molar-refractivity contribution < 1.29 is 18.5 Å². The fraction of sp³-hybridized carbons (Fsp3) is 0.346. The van der Waals surface area contributed by atoms with E-state index in [0.29, 0.717) is 30.2 Å². The van der Waals surface area contributed by atoms with Gasteiger partial charge in [0.1, 0.15) is 11.9 Å². The number of carbonyl (C=O) groups is 2. The summed E-state index contributed by atoms with van der Waals surface area (Å²) in [5.41, 5.74) is 1.73. The molecule has 1 aliphatic rings. The van der Waals surface area contributed by atoms with E-state index in [0.717, 1.165) is 12.0 Å². The molecule has 2 aromatic carbocycles. The lowest BCUT2D eigenvalue weighted by atomic mass is 9.94. The van der Waals surface area contributed by atoms with Crippen LogP contribution >= 0.6 is 0 Å². The van der Waals surface area contributed by atoms with Gasteiger partial charge in [0.15, 0.2) is 11.5 Å². The number of nitrogens with zero attached hydrogens (tertiary/aromatic N) is 3. The highest BCUT2D eigenvalue weighted by Gasteiger charge is 2.42. The Balaban J connectivity index is 1.64. The van der Waals surface area contributed by atoms with Crippen LogP contribution in [0.2, 0.25) is 0 Å². The first kappa shape index (κ1) is 22.7. The minimum atomic E-state index is -0.559. The van der Waals surface area contributed by atoms with Gasteiger partial charge in [-0.15, -0.1) is 0 Å². The van der Waals surface area contributed by atoms with E-state index < -0.39 is 6.04 Å². The van der Waals surface area contributed by atoms with Gasteiger partial charge in [-0.05, 0) is 48.6 Å². The predicted octanol–water partition coefficient (Wildman–Crippen LogP) is 4.94. The molecule has 6 nitrogen and oxygen atoms in total. The van der Waals surface area contributed by atoms with Crippen molar-refractivity contribution in [3.8, 4) is 11.3 Å². The molecule has 0 aliphatic carbocycles. The third-order valence-electron chi connectivity index (χ3n) is 6.17. The summed E-state index contributed by atoms with van der Waals surface area (Å²) in [6, 6.07) is 16.2. The molecule has 0 bridgehead atoms. The Kier molecular flexibility index (Phi) is 6.58. The number of hydrogen-bond donors (Lipinski definition) is 0. The molecule has 7 heteroatoms. The zero-order chi connectivity index (χ0) is 23.5. The Bertz CT molecular complexity index is 1110.